The van der Waals surface area contributed by atoms with E-state index in [0.29, 0.717) is 23.7 Å². The fraction of sp³-hybridized carbons (Fsp3) is 0.571. The number of para-hydroxylation sites is 1. The lowest BCUT2D eigenvalue weighted by molar-refractivity contribution is -0.101. The smallest absolute Gasteiger partial charge is 0.177 e. The van der Waals surface area contributed by atoms with Crippen molar-refractivity contribution in [1.29, 1.82) is 0 Å². The molecule has 0 saturated carbocycles. The standard InChI is InChI=1S/C14H21NO4S/c1-14(2)10-15(8-11(9-16)19-14)12-6-4-5-7-13(12)20(3,17)18/h4-7,11,16H,8-10H2,1-3H3. The summed E-state index contributed by atoms with van der Waals surface area (Å²) in [6.07, 6.45) is 0.896. The molecule has 0 radical (unpaired) electrons. The number of aliphatic hydroxyl groups is 1. The van der Waals surface area contributed by atoms with Gasteiger partial charge in [0.2, 0.25) is 0 Å². The minimum Gasteiger partial charge on any atom is -0.394 e. The van der Waals surface area contributed by atoms with E-state index in [1.165, 1.54) is 6.26 Å². The Bertz CT molecular complexity index is 583. The normalized spacial score (nSPS) is 22.8. The molecule has 1 aromatic rings. The molecule has 2 rings (SSSR count). The first-order chi connectivity index (χ1) is 9.23. The Labute approximate surface area is 120 Å². The molecule has 112 valence electrons. The average molecular weight is 299 g/mol. The van der Waals surface area contributed by atoms with E-state index in [1.54, 1.807) is 18.2 Å². The van der Waals surface area contributed by atoms with Crippen molar-refractivity contribution in [2.75, 3.05) is 30.9 Å². The first kappa shape index (κ1) is 15.3. The van der Waals surface area contributed by atoms with Gasteiger partial charge in [0.15, 0.2) is 9.84 Å². The largest absolute Gasteiger partial charge is 0.394 e. The summed E-state index contributed by atoms with van der Waals surface area (Å²) in [7, 11) is -3.29. The van der Waals surface area contributed by atoms with Crippen LogP contribution in [-0.4, -0.2) is 51.2 Å². The predicted octanol–water partition coefficient (Wildman–Crippen LogP) is 1.07. The number of hydrogen-bond donors (Lipinski definition) is 1. The SMILES string of the molecule is CC1(C)CN(c2ccccc2S(C)(=O)=O)CC(CO)O1. The highest BCUT2D eigenvalue weighted by molar-refractivity contribution is 7.90. The summed E-state index contributed by atoms with van der Waals surface area (Å²) in [4.78, 5) is 2.29. The summed E-state index contributed by atoms with van der Waals surface area (Å²) in [6.45, 7) is 4.85. The van der Waals surface area contributed by atoms with E-state index in [4.69, 9.17) is 4.74 Å². The van der Waals surface area contributed by atoms with Gasteiger partial charge in [0.05, 0.1) is 28.9 Å². The quantitative estimate of drug-likeness (QED) is 0.904. The summed E-state index contributed by atoms with van der Waals surface area (Å²) in [6, 6.07) is 6.95. The molecule has 1 fully saturated rings. The van der Waals surface area contributed by atoms with E-state index in [0.717, 1.165) is 0 Å². The number of nitrogens with zero attached hydrogens (tertiary/aromatic N) is 1. The molecular formula is C14H21NO4S. The van der Waals surface area contributed by atoms with Crippen molar-refractivity contribution in [2.45, 2.75) is 30.4 Å². The monoisotopic (exact) mass is 299 g/mol. The van der Waals surface area contributed by atoms with Crippen molar-refractivity contribution < 1.29 is 18.3 Å². The van der Waals surface area contributed by atoms with Crippen molar-refractivity contribution >= 4 is 15.5 Å². The Morgan fingerprint density at radius 1 is 1.40 bits per heavy atom. The van der Waals surface area contributed by atoms with Crippen molar-refractivity contribution in [3.8, 4) is 0 Å². The van der Waals surface area contributed by atoms with Gasteiger partial charge < -0.3 is 14.7 Å². The second-order valence-corrected chi connectivity index (χ2v) is 7.79. The van der Waals surface area contributed by atoms with Crippen LogP contribution < -0.4 is 4.90 Å². The number of morpholine rings is 1. The third-order valence-electron chi connectivity index (χ3n) is 3.29. The number of benzene rings is 1. The number of anilines is 1. The zero-order valence-corrected chi connectivity index (χ0v) is 12.9. The highest BCUT2D eigenvalue weighted by Gasteiger charge is 2.34. The first-order valence-electron chi connectivity index (χ1n) is 6.56. The molecule has 1 aliphatic rings. The Balaban J connectivity index is 2.41. The van der Waals surface area contributed by atoms with E-state index in [2.05, 4.69) is 0 Å². The Hall–Kier alpha value is -1.11. The zero-order valence-electron chi connectivity index (χ0n) is 12.0. The van der Waals surface area contributed by atoms with Gasteiger partial charge in [0.25, 0.3) is 0 Å². The maximum Gasteiger partial charge on any atom is 0.177 e. The van der Waals surface area contributed by atoms with Gasteiger partial charge in [-0.05, 0) is 26.0 Å². The summed E-state index contributed by atoms with van der Waals surface area (Å²) < 4.78 is 29.6. The lowest BCUT2D eigenvalue weighted by atomic mass is 10.0. The molecule has 1 aliphatic heterocycles. The lowest BCUT2D eigenvalue weighted by Gasteiger charge is -2.43. The highest BCUT2D eigenvalue weighted by Crippen LogP contribution is 2.30. The van der Waals surface area contributed by atoms with E-state index >= 15 is 0 Å². The van der Waals surface area contributed by atoms with E-state index in [9.17, 15) is 13.5 Å². The number of hydrogen-bond acceptors (Lipinski definition) is 5. The molecule has 0 aliphatic carbocycles. The van der Waals surface area contributed by atoms with Crippen molar-refractivity contribution in [3.63, 3.8) is 0 Å². The maximum absolute atomic E-state index is 11.9. The van der Waals surface area contributed by atoms with Gasteiger partial charge in [0.1, 0.15) is 0 Å². The van der Waals surface area contributed by atoms with Crippen LogP contribution >= 0.6 is 0 Å². The van der Waals surface area contributed by atoms with Crippen LogP contribution in [0.3, 0.4) is 0 Å². The third kappa shape index (κ3) is 3.31. The van der Waals surface area contributed by atoms with Crippen LogP contribution in [0, 0.1) is 0 Å². The predicted molar refractivity (Wildman–Crippen MR) is 77.8 cm³/mol. The van der Waals surface area contributed by atoms with Crippen LogP contribution in [-0.2, 0) is 14.6 Å². The van der Waals surface area contributed by atoms with Crippen LogP contribution in [0.1, 0.15) is 13.8 Å². The lowest BCUT2D eigenvalue weighted by Crippen LogP contribution is -2.54. The second kappa shape index (κ2) is 5.35. The van der Waals surface area contributed by atoms with Gasteiger partial charge in [0, 0.05) is 19.3 Å². The Kier molecular flexibility index (Phi) is 4.09. The molecule has 1 heterocycles. The molecule has 1 N–H and O–H groups in total. The summed E-state index contributed by atoms with van der Waals surface area (Å²) in [5.74, 6) is 0. The summed E-state index contributed by atoms with van der Waals surface area (Å²) >= 11 is 0. The number of sulfone groups is 1. The van der Waals surface area contributed by atoms with Gasteiger partial charge in [-0.2, -0.15) is 0 Å². The molecule has 1 aromatic carbocycles. The minimum absolute atomic E-state index is 0.0824. The second-order valence-electron chi connectivity index (χ2n) is 5.80. The van der Waals surface area contributed by atoms with E-state index in [1.807, 2.05) is 24.8 Å². The molecule has 6 heteroatoms. The molecular weight excluding hydrogens is 278 g/mol. The fourth-order valence-electron chi connectivity index (χ4n) is 2.61. The Morgan fingerprint density at radius 2 is 2.05 bits per heavy atom. The number of rotatable bonds is 3. The molecule has 0 bridgehead atoms. The number of ether oxygens (including phenoxy) is 1. The van der Waals surface area contributed by atoms with Crippen LogP contribution in [0.5, 0.6) is 0 Å². The molecule has 0 amide bonds. The molecule has 5 nitrogen and oxygen atoms in total. The molecule has 20 heavy (non-hydrogen) atoms. The van der Waals surface area contributed by atoms with Crippen molar-refractivity contribution in [1.82, 2.24) is 0 Å². The molecule has 1 saturated heterocycles. The summed E-state index contributed by atoms with van der Waals surface area (Å²) in [5.41, 5.74) is 0.237. The average Bonchev–Trinajstić information content (AvgIpc) is 2.35. The summed E-state index contributed by atoms with van der Waals surface area (Å²) in [5, 5.41) is 9.35. The van der Waals surface area contributed by atoms with Crippen LogP contribution in [0.25, 0.3) is 0 Å². The minimum atomic E-state index is -3.29. The van der Waals surface area contributed by atoms with Gasteiger partial charge in [-0.1, -0.05) is 12.1 Å². The van der Waals surface area contributed by atoms with Crippen LogP contribution in [0.4, 0.5) is 5.69 Å². The number of aliphatic hydroxyl groups excluding tert-OH is 1. The van der Waals surface area contributed by atoms with Gasteiger partial charge >= 0.3 is 0 Å². The molecule has 1 atom stereocenters. The van der Waals surface area contributed by atoms with Crippen molar-refractivity contribution in [2.24, 2.45) is 0 Å². The van der Waals surface area contributed by atoms with Gasteiger partial charge in [-0.25, -0.2) is 8.42 Å². The van der Waals surface area contributed by atoms with Crippen LogP contribution in [0.2, 0.25) is 0 Å². The molecule has 1 unspecified atom stereocenters. The van der Waals surface area contributed by atoms with Gasteiger partial charge in [-0.3, -0.25) is 0 Å². The Morgan fingerprint density at radius 3 is 2.65 bits per heavy atom. The molecule has 0 spiro atoms. The zero-order chi connectivity index (χ0) is 15.0. The van der Waals surface area contributed by atoms with E-state index in [-0.39, 0.29) is 12.7 Å². The van der Waals surface area contributed by atoms with Gasteiger partial charge in [-0.15, -0.1) is 0 Å². The topological polar surface area (TPSA) is 66.8 Å². The third-order valence-corrected chi connectivity index (χ3v) is 4.43. The maximum atomic E-state index is 11.9. The molecule has 0 aromatic heterocycles. The fourth-order valence-corrected chi connectivity index (χ4v) is 3.51. The highest BCUT2D eigenvalue weighted by atomic mass is 32.2. The first-order valence-corrected chi connectivity index (χ1v) is 8.45. The van der Waals surface area contributed by atoms with E-state index < -0.39 is 15.4 Å². The van der Waals surface area contributed by atoms with Crippen molar-refractivity contribution in [3.05, 3.63) is 24.3 Å². The van der Waals surface area contributed by atoms with Crippen LogP contribution in [0.15, 0.2) is 29.2 Å².